The van der Waals surface area contributed by atoms with Gasteiger partial charge in [0.2, 0.25) is 0 Å². The predicted octanol–water partition coefficient (Wildman–Crippen LogP) is 4.02. The number of nitrogens with one attached hydrogen (secondary N) is 1. The molecule has 5 nitrogen and oxygen atoms in total. The summed E-state index contributed by atoms with van der Waals surface area (Å²) in [7, 11) is 0. The maximum Gasteiger partial charge on any atom is 0.194 e. The standard InChI is InChI=1S/C18H27ClN4O/c1-2-8-23(12-11-22-9-4-3-5-10-22)14-15-13-20-21-18(15)16-6-7-17(19)24-16/h6-7,13H,2-5,8-12,14H2,1H3,(H,20,21). The number of halogens is 1. The fourth-order valence-corrected chi connectivity index (χ4v) is 3.53. The first-order chi connectivity index (χ1) is 11.8. The first-order valence-electron chi connectivity index (χ1n) is 8.99. The molecule has 0 spiro atoms. The lowest BCUT2D eigenvalue weighted by Crippen LogP contribution is -2.38. The molecule has 1 aliphatic heterocycles. The Morgan fingerprint density at radius 3 is 2.79 bits per heavy atom. The maximum atomic E-state index is 5.90. The molecule has 0 saturated carbocycles. The van der Waals surface area contributed by atoms with Crippen LogP contribution in [0.5, 0.6) is 0 Å². The number of hydrogen-bond donors (Lipinski definition) is 1. The fraction of sp³-hybridized carbons (Fsp3) is 0.611. The number of aromatic amines is 1. The Morgan fingerprint density at radius 1 is 1.25 bits per heavy atom. The van der Waals surface area contributed by atoms with E-state index in [4.69, 9.17) is 16.0 Å². The van der Waals surface area contributed by atoms with Crippen LogP contribution in [0.1, 0.15) is 38.2 Å². The Kier molecular flexibility index (Phi) is 6.35. The topological polar surface area (TPSA) is 48.3 Å². The van der Waals surface area contributed by atoms with Crippen molar-refractivity contribution in [3.05, 3.63) is 29.1 Å². The van der Waals surface area contributed by atoms with Gasteiger partial charge in [-0.1, -0.05) is 13.3 Å². The van der Waals surface area contributed by atoms with Crippen LogP contribution in [0.2, 0.25) is 5.22 Å². The number of hydrogen-bond acceptors (Lipinski definition) is 4. The summed E-state index contributed by atoms with van der Waals surface area (Å²) >= 11 is 5.90. The first kappa shape index (κ1) is 17.5. The molecule has 0 amide bonds. The molecular weight excluding hydrogens is 324 g/mol. The Labute approximate surface area is 149 Å². The molecule has 132 valence electrons. The average Bonchev–Trinajstić information content (AvgIpc) is 3.22. The van der Waals surface area contributed by atoms with E-state index in [2.05, 4.69) is 26.9 Å². The van der Waals surface area contributed by atoms with E-state index in [1.54, 1.807) is 6.07 Å². The molecule has 2 aromatic heterocycles. The van der Waals surface area contributed by atoms with E-state index >= 15 is 0 Å². The van der Waals surface area contributed by atoms with Gasteiger partial charge in [-0.2, -0.15) is 5.10 Å². The molecule has 24 heavy (non-hydrogen) atoms. The molecule has 3 heterocycles. The SMILES string of the molecule is CCCN(CCN1CCCCC1)Cc1cn[nH]c1-c1ccc(Cl)o1. The highest BCUT2D eigenvalue weighted by molar-refractivity contribution is 6.28. The molecule has 2 aromatic rings. The van der Waals surface area contributed by atoms with E-state index in [0.29, 0.717) is 5.22 Å². The molecule has 0 radical (unpaired) electrons. The number of H-pyrrole nitrogens is 1. The van der Waals surface area contributed by atoms with E-state index in [9.17, 15) is 0 Å². The highest BCUT2D eigenvalue weighted by Crippen LogP contribution is 2.26. The van der Waals surface area contributed by atoms with Crippen molar-refractivity contribution in [1.82, 2.24) is 20.0 Å². The molecule has 0 unspecified atom stereocenters. The monoisotopic (exact) mass is 350 g/mol. The van der Waals surface area contributed by atoms with Gasteiger partial charge in [0.05, 0.1) is 6.20 Å². The molecule has 0 bridgehead atoms. The van der Waals surface area contributed by atoms with Gasteiger partial charge >= 0.3 is 0 Å². The third kappa shape index (κ3) is 4.62. The van der Waals surface area contributed by atoms with Crippen LogP contribution in [0.4, 0.5) is 0 Å². The zero-order valence-electron chi connectivity index (χ0n) is 14.4. The molecule has 6 heteroatoms. The van der Waals surface area contributed by atoms with Crippen LogP contribution in [0, 0.1) is 0 Å². The van der Waals surface area contributed by atoms with Gasteiger partial charge in [-0.05, 0) is 62.6 Å². The quantitative estimate of drug-likeness (QED) is 0.781. The minimum absolute atomic E-state index is 0.404. The summed E-state index contributed by atoms with van der Waals surface area (Å²) in [6, 6.07) is 3.65. The summed E-state index contributed by atoms with van der Waals surface area (Å²) in [5.74, 6) is 0.750. The average molecular weight is 351 g/mol. The predicted molar refractivity (Wildman–Crippen MR) is 97.2 cm³/mol. The van der Waals surface area contributed by atoms with Crippen molar-refractivity contribution in [2.75, 3.05) is 32.7 Å². The molecule has 1 aliphatic rings. The second-order valence-electron chi connectivity index (χ2n) is 6.55. The Balaban J connectivity index is 1.62. The van der Waals surface area contributed by atoms with E-state index in [1.165, 1.54) is 32.4 Å². The normalized spacial score (nSPS) is 16.1. The molecule has 1 N–H and O–H groups in total. The fourth-order valence-electron chi connectivity index (χ4n) is 3.39. The smallest absolute Gasteiger partial charge is 0.194 e. The molecular formula is C18H27ClN4O. The van der Waals surface area contributed by atoms with Crippen LogP contribution in [0.25, 0.3) is 11.5 Å². The Morgan fingerprint density at radius 2 is 2.08 bits per heavy atom. The van der Waals surface area contributed by atoms with E-state index in [1.807, 2.05) is 12.3 Å². The van der Waals surface area contributed by atoms with Crippen LogP contribution < -0.4 is 0 Å². The van der Waals surface area contributed by atoms with Gasteiger partial charge in [0.1, 0.15) is 5.69 Å². The first-order valence-corrected chi connectivity index (χ1v) is 9.36. The second-order valence-corrected chi connectivity index (χ2v) is 6.92. The summed E-state index contributed by atoms with van der Waals surface area (Å²) in [6.07, 6.45) is 7.13. The highest BCUT2D eigenvalue weighted by atomic mass is 35.5. The number of rotatable bonds is 8. The summed E-state index contributed by atoms with van der Waals surface area (Å²) in [6.45, 7) is 8.96. The van der Waals surface area contributed by atoms with Crippen LogP contribution in [0.15, 0.2) is 22.7 Å². The number of furan rings is 1. The number of nitrogens with zero attached hydrogens (tertiary/aromatic N) is 3. The zero-order valence-corrected chi connectivity index (χ0v) is 15.2. The summed E-state index contributed by atoms with van der Waals surface area (Å²) in [5, 5.41) is 7.66. The summed E-state index contributed by atoms with van der Waals surface area (Å²) in [5.41, 5.74) is 2.09. The minimum Gasteiger partial charge on any atom is -0.443 e. The summed E-state index contributed by atoms with van der Waals surface area (Å²) < 4.78 is 5.53. The lowest BCUT2D eigenvalue weighted by Gasteiger charge is -2.29. The number of piperidine rings is 1. The Bertz CT molecular complexity index is 618. The van der Waals surface area contributed by atoms with Crippen molar-refractivity contribution in [2.45, 2.75) is 39.2 Å². The second kappa shape index (κ2) is 8.70. The zero-order chi connectivity index (χ0) is 16.8. The van der Waals surface area contributed by atoms with Crippen LogP contribution >= 0.6 is 11.6 Å². The van der Waals surface area contributed by atoms with Gasteiger partial charge in [0, 0.05) is 25.2 Å². The minimum atomic E-state index is 0.404. The molecule has 1 saturated heterocycles. The third-order valence-corrected chi connectivity index (χ3v) is 4.86. The molecule has 3 rings (SSSR count). The van der Waals surface area contributed by atoms with Crippen molar-refractivity contribution < 1.29 is 4.42 Å². The van der Waals surface area contributed by atoms with Crippen molar-refractivity contribution in [3.8, 4) is 11.5 Å². The van der Waals surface area contributed by atoms with E-state index < -0.39 is 0 Å². The summed E-state index contributed by atoms with van der Waals surface area (Å²) in [4.78, 5) is 5.10. The van der Waals surface area contributed by atoms with Gasteiger partial charge in [-0.3, -0.25) is 10.00 Å². The van der Waals surface area contributed by atoms with E-state index in [0.717, 1.165) is 49.6 Å². The van der Waals surface area contributed by atoms with Crippen molar-refractivity contribution in [2.24, 2.45) is 0 Å². The number of aromatic nitrogens is 2. The Hall–Kier alpha value is -1.30. The van der Waals surface area contributed by atoms with Crippen molar-refractivity contribution >= 4 is 11.6 Å². The van der Waals surface area contributed by atoms with Gasteiger partial charge < -0.3 is 9.32 Å². The van der Waals surface area contributed by atoms with Gasteiger partial charge in [0.25, 0.3) is 0 Å². The van der Waals surface area contributed by atoms with Crippen molar-refractivity contribution in [1.29, 1.82) is 0 Å². The lowest BCUT2D eigenvalue weighted by atomic mass is 10.1. The lowest BCUT2D eigenvalue weighted by molar-refractivity contribution is 0.177. The van der Waals surface area contributed by atoms with Crippen LogP contribution in [-0.2, 0) is 6.54 Å². The maximum absolute atomic E-state index is 5.90. The highest BCUT2D eigenvalue weighted by Gasteiger charge is 2.16. The molecule has 1 fully saturated rings. The third-order valence-electron chi connectivity index (χ3n) is 4.65. The largest absolute Gasteiger partial charge is 0.443 e. The molecule has 0 aliphatic carbocycles. The van der Waals surface area contributed by atoms with Gasteiger partial charge in [-0.25, -0.2) is 0 Å². The van der Waals surface area contributed by atoms with Crippen LogP contribution in [-0.4, -0.2) is 52.7 Å². The van der Waals surface area contributed by atoms with Crippen LogP contribution in [0.3, 0.4) is 0 Å². The van der Waals surface area contributed by atoms with Gasteiger partial charge in [0.15, 0.2) is 11.0 Å². The molecule has 0 atom stereocenters. The van der Waals surface area contributed by atoms with Gasteiger partial charge in [-0.15, -0.1) is 0 Å². The molecule has 0 aromatic carbocycles. The van der Waals surface area contributed by atoms with E-state index in [-0.39, 0.29) is 0 Å². The van der Waals surface area contributed by atoms with Crippen molar-refractivity contribution in [3.63, 3.8) is 0 Å². The number of likely N-dealkylation sites (tertiary alicyclic amines) is 1.